The van der Waals surface area contributed by atoms with Crippen LogP contribution in [0.2, 0.25) is 0 Å². The molecule has 1 amide bonds. The van der Waals surface area contributed by atoms with Gasteiger partial charge in [-0.15, -0.1) is 0 Å². The Morgan fingerprint density at radius 2 is 1.92 bits per heavy atom. The molecule has 0 bridgehead atoms. The molecule has 0 atom stereocenters. The number of rotatable bonds is 3. The molecule has 128 valence electrons. The Morgan fingerprint density at radius 3 is 2.73 bits per heavy atom. The highest BCUT2D eigenvalue weighted by Crippen LogP contribution is 2.20. The van der Waals surface area contributed by atoms with Crippen molar-refractivity contribution in [2.45, 2.75) is 13.3 Å². The summed E-state index contributed by atoms with van der Waals surface area (Å²) in [5.41, 5.74) is 3.73. The summed E-state index contributed by atoms with van der Waals surface area (Å²) in [4.78, 5) is 35.7. The minimum absolute atomic E-state index is 0.154. The first-order chi connectivity index (χ1) is 12.6. The molecule has 0 saturated carbocycles. The molecule has 4 rings (SSSR count). The van der Waals surface area contributed by atoms with Crippen LogP contribution in [0.5, 0.6) is 0 Å². The van der Waals surface area contributed by atoms with Crippen LogP contribution in [0, 0.1) is 0 Å². The quantitative estimate of drug-likeness (QED) is 0.597. The third-order valence-electron chi connectivity index (χ3n) is 4.25. The molecular weight excluding hydrogens is 328 g/mol. The minimum Gasteiger partial charge on any atom is -0.322 e. The highest BCUT2D eigenvalue weighted by atomic mass is 16.2. The number of hydrogen-bond acceptors (Lipinski definition) is 4. The maximum absolute atomic E-state index is 12.5. The fourth-order valence-corrected chi connectivity index (χ4v) is 2.96. The number of H-pyrrole nitrogens is 1. The maximum Gasteiger partial charge on any atom is 0.275 e. The number of aromatic nitrogens is 3. The maximum atomic E-state index is 12.5. The van der Waals surface area contributed by atoms with Crippen molar-refractivity contribution >= 4 is 33.5 Å². The molecule has 26 heavy (non-hydrogen) atoms. The van der Waals surface area contributed by atoms with Crippen LogP contribution in [0.3, 0.4) is 0 Å². The third-order valence-corrected chi connectivity index (χ3v) is 4.25. The predicted octanol–water partition coefficient (Wildman–Crippen LogP) is 3.29. The summed E-state index contributed by atoms with van der Waals surface area (Å²) in [5.74, 6) is -0.350. The lowest BCUT2D eigenvalue weighted by atomic mass is 10.1. The average molecular weight is 344 g/mol. The van der Waals surface area contributed by atoms with Crippen LogP contribution in [0.1, 0.15) is 23.0 Å². The second kappa shape index (κ2) is 6.40. The summed E-state index contributed by atoms with van der Waals surface area (Å²) in [7, 11) is 0. The summed E-state index contributed by atoms with van der Waals surface area (Å²) in [5, 5.41) is 3.78. The summed E-state index contributed by atoms with van der Waals surface area (Å²) in [6.07, 6.45) is 2.22. The summed E-state index contributed by atoms with van der Waals surface area (Å²) < 4.78 is 0. The smallest absolute Gasteiger partial charge is 0.275 e. The fraction of sp³-hybridized carbons (Fsp3) is 0.100. The lowest BCUT2D eigenvalue weighted by Crippen LogP contribution is -2.14. The van der Waals surface area contributed by atoms with Gasteiger partial charge in [0.05, 0.1) is 22.7 Å². The molecule has 6 heteroatoms. The van der Waals surface area contributed by atoms with Crippen LogP contribution in [0.4, 0.5) is 5.69 Å². The van der Waals surface area contributed by atoms with E-state index in [1.165, 1.54) is 6.20 Å². The van der Waals surface area contributed by atoms with Crippen LogP contribution in [0.15, 0.2) is 59.5 Å². The zero-order valence-electron chi connectivity index (χ0n) is 14.1. The van der Waals surface area contributed by atoms with Crippen LogP contribution in [-0.4, -0.2) is 20.9 Å². The predicted molar refractivity (Wildman–Crippen MR) is 101 cm³/mol. The number of carbonyl (C=O) groups is 1. The Labute approximate surface area is 148 Å². The number of benzene rings is 2. The molecule has 2 aromatic carbocycles. The van der Waals surface area contributed by atoms with Crippen molar-refractivity contribution in [2.24, 2.45) is 0 Å². The molecular formula is C20H16N4O2. The Bertz CT molecular complexity index is 1200. The molecule has 4 aromatic rings. The lowest BCUT2D eigenvalue weighted by molar-refractivity contribution is 0.102. The van der Waals surface area contributed by atoms with E-state index in [4.69, 9.17) is 0 Å². The van der Waals surface area contributed by atoms with E-state index in [2.05, 4.69) is 20.3 Å². The summed E-state index contributed by atoms with van der Waals surface area (Å²) in [6.45, 7) is 2.00. The largest absolute Gasteiger partial charge is 0.322 e. The Kier molecular flexibility index (Phi) is 3.93. The third kappa shape index (κ3) is 2.93. The van der Waals surface area contributed by atoms with Crippen LogP contribution in [0.25, 0.3) is 21.9 Å². The number of para-hydroxylation sites is 2. The first-order valence-corrected chi connectivity index (χ1v) is 8.33. The molecule has 6 nitrogen and oxygen atoms in total. The van der Waals surface area contributed by atoms with E-state index in [0.717, 1.165) is 22.9 Å². The molecule has 0 aliphatic carbocycles. The standard InChI is InChI=1S/C20H16N4O2/c1-2-12-9-19(25)24-17-10-13(7-8-14(12)17)22-20(26)18-11-21-15-5-3-4-6-16(15)23-18/h3-11H,2H2,1H3,(H,22,26)(H,24,25). The molecule has 0 radical (unpaired) electrons. The van der Waals surface area contributed by atoms with Gasteiger partial charge in [0.2, 0.25) is 5.56 Å². The molecule has 0 spiro atoms. The van der Waals surface area contributed by atoms with Gasteiger partial charge in [0.25, 0.3) is 5.91 Å². The number of aryl methyl sites for hydroxylation is 1. The first-order valence-electron chi connectivity index (χ1n) is 8.33. The molecule has 0 unspecified atom stereocenters. The lowest BCUT2D eigenvalue weighted by Gasteiger charge is -2.08. The molecule has 2 N–H and O–H groups in total. The van der Waals surface area contributed by atoms with Gasteiger partial charge in [0, 0.05) is 17.1 Å². The van der Waals surface area contributed by atoms with E-state index in [1.54, 1.807) is 12.1 Å². The van der Waals surface area contributed by atoms with Crippen LogP contribution in [-0.2, 0) is 6.42 Å². The molecule has 2 aromatic heterocycles. The van der Waals surface area contributed by atoms with Crippen molar-refractivity contribution in [3.8, 4) is 0 Å². The van der Waals surface area contributed by atoms with Gasteiger partial charge < -0.3 is 10.3 Å². The second-order valence-corrected chi connectivity index (χ2v) is 5.97. The van der Waals surface area contributed by atoms with Gasteiger partial charge in [0.1, 0.15) is 5.69 Å². The number of fused-ring (bicyclic) bond motifs is 2. The number of carbonyl (C=O) groups excluding carboxylic acids is 1. The van der Waals surface area contributed by atoms with Crippen molar-refractivity contribution in [1.29, 1.82) is 0 Å². The second-order valence-electron chi connectivity index (χ2n) is 5.97. The summed E-state index contributed by atoms with van der Waals surface area (Å²) >= 11 is 0. The van der Waals surface area contributed by atoms with E-state index >= 15 is 0 Å². The van der Waals surface area contributed by atoms with Crippen molar-refractivity contribution in [3.05, 3.63) is 76.3 Å². The number of amides is 1. The number of hydrogen-bond donors (Lipinski definition) is 2. The number of pyridine rings is 1. The van der Waals surface area contributed by atoms with Gasteiger partial charge in [-0.25, -0.2) is 4.98 Å². The van der Waals surface area contributed by atoms with Gasteiger partial charge in [-0.1, -0.05) is 25.1 Å². The Balaban J connectivity index is 1.67. The van der Waals surface area contributed by atoms with E-state index in [0.29, 0.717) is 16.7 Å². The molecule has 0 aliphatic heterocycles. The topological polar surface area (TPSA) is 87.7 Å². The van der Waals surface area contributed by atoms with Crippen molar-refractivity contribution in [3.63, 3.8) is 0 Å². The van der Waals surface area contributed by atoms with Gasteiger partial charge in [-0.3, -0.25) is 14.6 Å². The van der Waals surface area contributed by atoms with E-state index in [-0.39, 0.29) is 17.2 Å². The first kappa shape index (κ1) is 16.0. The van der Waals surface area contributed by atoms with E-state index in [1.807, 2.05) is 43.3 Å². The fourth-order valence-electron chi connectivity index (χ4n) is 2.96. The van der Waals surface area contributed by atoms with Crippen molar-refractivity contribution in [1.82, 2.24) is 15.0 Å². The van der Waals surface area contributed by atoms with Crippen molar-refractivity contribution in [2.75, 3.05) is 5.32 Å². The summed E-state index contributed by atoms with van der Waals surface area (Å²) in [6, 6.07) is 14.4. The molecule has 0 aliphatic rings. The zero-order valence-corrected chi connectivity index (χ0v) is 14.1. The van der Waals surface area contributed by atoms with E-state index < -0.39 is 0 Å². The molecule has 0 fully saturated rings. The Morgan fingerprint density at radius 1 is 1.12 bits per heavy atom. The number of nitrogens with zero attached hydrogens (tertiary/aromatic N) is 2. The van der Waals surface area contributed by atoms with Gasteiger partial charge >= 0.3 is 0 Å². The van der Waals surface area contributed by atoms with Gasteiger partial charge in [-0.2, -0.15) is 0 Å². The van der Waals surface area contributed by atoms with Crippen molar-refractivity contribution < 1.29 is 4.79 Å². The average Bonchev–Trinajstić information content (AvgIpc) is 2.66. The molecule has 0 saturated heterocycles. The normalized spacial score (nSPS) is 11.0. The van der Waals surface area contributed by atoms with Crippen LogP contribution >= 0.6 is 0 Å². The number of aromatic amines is 1. The minimum atomic E-state index is -0.350. The Hall–Kier alpha value is -3.54. The highest BCUT2D eigenvalue weighted by molar-refractivity contribution is 6.04. The van der Waals surface area contributed by atoms with E-state index in [9.17, 15) is 9.59 Å². The zero-order chi connectivity index (χ0) is 18.1. The SMILES string of the molecule is CCc1cc(=O)[nH]c2cc(NC(=O)c3cnc4ccccc4n3)ccc12. The van der Waals surface area contributed by atoms with Gasteiger partial charge in [0.15, 0.2) is 0 Å². The highest BCUT2D eigenvalue weighted by Gasteiger charge is 2.11. The molecule has 2 heterocycles. The van der Waals surface area contributed by atoms with Gasteiger partial charge in [-0.05, 0) is 36.2 Å². The number of nitrogens with one attached hydrogen (secondary N) is 2. The number of anilines is 1. The van der Waals surface area contributed by atoms with Crippen LogP contribution < -0.4 is 10.9 Å². The monoisotopic (exact) mass is 344 g/mol.